The van der Waals surface area contributed by atoms with Gasteiger partial charge in [-0.15, -0.1) is 0 Å². The summed E-state index contributed by atoms with van der Waals surface area (Å²) in [7, 11) is 0. The maximum Gasteiger partial charge on any atom is 0.0727 e. The van der Waals surface area contributed by atoms with Crippen molar-refractivity contribution in [2.75, 3.05) is 0 Å². The summed E-state index contributed by atoms with van der Waals surface area (Å²) in [4.78, 5) is 0. The smallest absolute Gasteiger partial charge is 0.0727 e. The first-order valence-electron chi connectivity index (χ1n) is 15.3. The Kier molecular flexibility index (Phi) is 12.5. The van der Waals surface area contributed by atoms with Gasteiger partial charge in [0.25, 0.3) is 0 Å². The lowest BCUT2D eigenvalue weighted by atomic mass is 9.40. The van der Waals surface area contributed by atoms with E-state index in [9.17, 15) is 5.11 Å². The predicted octanol–water partition coefficient (Wildman–Crippen LogP) is 8.99. The Hall–Kier alpha value is -0.0800. The molecular formula is C31H63NO. The molecular weight excluding hydrogens is 402 g/mol. The van der Waals surface area contributed by atoms with Gasteiger partial charge < -0.3 is 10.8 Å². The lowest BCUT2D eigenvalue weighted by molar-refractivity contribution is -0.183. The first-order chi connectivity index (χ1) is 15.8. The first kappa shape index (κ1) is 31.0. The van der Waals surface area contributed by atoms with Crippen LogP contribution in [0.5, 0.6) is 0 Å². The molecule has 0 aromatic heterocycles. The van der Waals surface area contributed by atoms with E-state index in [2.05, 4.69) is 27.7 Å². The molecule has 4 aliphatic carbocycles. The normalized spacial score (nSPS) is 45.5. The number of aliphatic hydroxyl groups excluding tert-OH is 1. The fourth-order valence-electron chi connectivity index (χ4n) is 8.97. The summed E-state index contributed by atoms with van der Waals surface area (Å²) >= 11 is 0. The molecule has 3 unspecified atom stereocenters. The van der Waals surface area contributed by atoms with Gasteiger partial charge in [0.2, 0.25) is 0 Å². The minimum absolute atomic E-state index is 0.142. The monoisotopic (exact) mass is 465 g/mol. The van der Waals surface area contributed by atoms with Crippen LogP contribution in [0.25, 0.3) is 0 Å². The van der Waals surface area contributed by atoms with Crippen molar-refractivity contribution >= 4 is 0 Å². The van der Waals surface area contributed by atoms with Crippen molar-refractivity contribution in [3.63, 3.8) is 0 Å². The van der Waals surface area contributed by atoms with E-state index in [1.165, 1.54) is 64.2 Å². The minimum atomic E-state index is -0.334. The lowest BCUT2D eigenvalue weighted by Crippen LogP contribution is -2.71. The number of hydrogen-bond acceptors (Lipinski definition) is 2. The number of unbranched alkanes of at least 4 members (excludes halogenated alkanes) is 2. The maximum absolute atomic E-state index is 11.3. The summed E-state index contributed by atoms with van der Waals surface area (Å²) in [5.74, 6) is 3.96. The van der Waals surface area contributed by atoms with Crippen LogP contribution in [0.2, 0.25) is 0 Å². The summed E-state index contributed by atoms with van der Waals surface area (Å²) in [6.45, 7) is 22.0. The number of nitrogens with two attached hydrogens (primary N) is 1. The lowest BCUT2D eigenvalue weighted by Gasteiger charge is -2.67. The fraction of sp³-hybridized carbons (Fsp3) is 1.00. The summed E-state index contributed by atoms with van der Waals surface area (Å²) < 4.78 is 0. The standard InChI is InChI=1S/C25H45NO.3C2H6/c1-5-6-7-10-18-11-12-20-19-16-22(27)25(26)14-9-8-13-23(25,3)21(19)15-17(2)24(18,20)4;3*1-2/h17-22,27H,5-16,26H2,1-4H3;3*1-2H3/t17-,18-,19?,20?,21?,22+,23+,24+,25+;;;/m0.../s1. The molecule has 3 N–H and O–H groups in total. The van der Waals surface area contributed by atoms with Crippen LogP contribution in [-0.2, 0) is 0 Å². The Morgan fingerprint density at radius 1 is 0.848 bits per heavy atom. The fourth-order valence-corrected chi connectivity index (χ4v) is 8.97. The summed E-state index contributed by atoms with van der Waals surface area (Å²) in [6.07, 6.45) is 15.2. The molecule has 4 fully saturated rings. The Labute approximate surface area is 209 Å². The number of aliphatic hydroxyl groups is 1. The third-order valence-corrected chi connectivity index (χ3v) is 10.9. The van der Waals surface area contributed by atoms with E-state index in [4.69, 9.17) is 5.73 Å². The van der Waals surface area contributed by atoms with Crippen LogP contribution in [0.4, 0.5) is 0 Å². The molecule has 0 bridgehead atoms. The van der Waals surface area contributed by atoms with Crippen molar-refractivity contribution in [1.82, 2.24) is 0 Å². The molecule has 0 heterocycles. The van der Waals surface area contributed by atoms with Crippen LogP contribution < -0.4 is 5.73 Å². The zero-order valence-corrected chi connectivity index (χ0v) is 24.5. The van der Waals surface area contributed by atoms with Gasteiger partial charge in [0.15, 0.2) is 0 Å². The topological polar surface area (TPSA) is 46.2 Å². The molecule has 4 saturated carbocycles. The van der Waals surface area contributed by atoms with E-state index < -0.39 is 0 Å². The molecule has 0 aromatic carbocycles. The van der Waals surface area contributed by atoms with Gasteiger partial charge in [-0.05, 0) is 85.4 Å². The molecule has 2 heteroatoms. The minimum Gasteiger partial charge on any atom is -0.391 e. The molecule has 0 aliphatic heterocycles. The summed E-state index contributed by atoms with van der Waals surface area (Å²) in [6, 6.07) is 0. The van der Waals surface area contributed by atoms with Gasteiger partial charge in [-0.25, -0.2) is 0 Å². The Morgan fingerprint density at radius 2 is 1.45 bits per heavy atom. The zero-order chi connectivity index (χ0) is 25.4. The van der Waals surface area contributed by atoms with Crippen molar-refractivity contribution < 1.29 is 5.11 Å². The van der Waals surface area contributed by atoms with E-state index in [0.717, 1.165) is 36.5 Å². The molecule has 9 atom stereocenters. The van der Waals surface area contributed by atoms with E-state index >= 15 is 0 Å². The highest BCUT2D eigenvalue weighted by molar-refractivity contribution is 5.18. The molecule has 33 heavy (non-hydrogen) atoms. The second kappa shape index (κ2) is 13.3. The second-order valence-electron chi connectivity index (χ2n) is 11.6. The first-order valence-corrected chi connectivity index (χ1v) is 15.3. The molecule has 198 valence electrons. The highest BCUT2D eigenvalue weighted by Gasteiger charge is 2.66. The average Bonchev–Trinajstić information content (AvgIpc) is 3.19. The third kappa shape index (κ3) is 5.23. The van der Waals surface area contributed by atoms with Crippen molar-refractivity contribution in [3.05, 3.63) is 0 Å². The van der Waals surface area contributed by atoms with Crippen LogP contribution in [0.15, 0.2) is 0 Å². The van der Waals surface area contributed by atoms with Crippen LogP contribution in [0.3, 0.4) is 0 Å². The quantitative estimate of drug-likeness (QED) is 0.407. The maximum atomic E-state index is 11.3. The van der Waals surface area contributed by atoms with Crippen molar-refractivity contribution in [2.24, 2.45) is 46.2 Å². The highest BCUT2D eigenvalue weighted by atomic mass is 16.3. The number of rotatable bonds is 4. The van der Waals surface area contributed by atoms with Crippen molar-refractivity contribution in [1.29, 1.82) is 0 Å². The van der Waals surface area contributed by atoms with Gasteiger partial charge in [-0.2, -0.15) is 0 Å². The summed E-state index contributed by atoms with van der Waals surface area (Å²) in [5.41, 5.74) is 7.33. The van der Waals surface area contributed by atoms with Gasteiger partial charge in [0, 0.05) is 5.54 Å². The molecule has 4 rings (SSSR count). The van der Waals surface area contributed by atoms with Gasteiger partial charge in [0.1, 0.15) is 0 Å². The SMILES string of the molecule is CC.CC.CC.CCCCC[C@H]1CCC2C3C[C@@H](O)[C@]4(N)CCCC[C@]4(C)C3C[C@H](C)[C@@]21C. The average molecular weight is 466 g/mol. The third-order valence-electron chi connectivity index (χ3n) is 10.9. The molecule has 0 saturated heterocycles. The molecule has 0 spiro atoms. The highest BCUT2D eigenvalue weighted by Crippen LogP contribution is 2.69. The summed E-state index contributed by atoms with van der Waals surface area (Å²) in [5, 5.41) is 11.3. The second-order valence-corrected chi connectivity index (χ2v) is 11.6. The van der Waals surface area contributed by atoms with E-state index in [1.807, 2.05) is 41.5 Å². The van der Waals surface area contributed by atoms with Crippen molar-refractivity contribution in [2.45, 2.75) is 158 Å². The molecule has 4 aliphatic rings. The van der Waals surface area contributed by atoms with Crippen molar-refractivity contribution in [3.8, 4) is 0 Å². The predicted molar refractivity (Wildman–Crippen MR) is 147 cm³/mol. The number of fused-ring (bicyclic) bond motifs is 5. The van der Waals surface area contributed by atoms with Gasteiger partial charge in [-0.3, -0.25) is 0 Å². The Morgan fingerprint density at radius 3 is 2.06 bits per heavy atom. The number of hydrogen-bond donors (Lipinski definition) is 2. The van der Waals surface area contributed by atoms with Crippen LogP contribution in [0, 0.1) is 40.4 Å². The molecule has 2 nitrogen and oxygen atoms in total. The van der Waals surface area contributed by atoms with Gasteiger partial charge in [-0.1, -0.05) is 101 Å². The van der Waals surface area contributed by atoms with Gasteiger partial charge >= 0.3 is 0 Å². The Balaban J connectivity index is 0.000000841. The van der Waals surface area contributed by atoms with Crippen LogP contribution in [0.1, 0.15) is 146 Å². The van der Waals surface area contributed by atoms with Crippen LogP contribution >= 0.6 is 0 Å². The van der Waals surface area contributed by atoms with E-state index in [1.54, 1.807) is 0 Å². The molecule has 0 aromatic rings. The largest absolute Gasteiger partial charge is 0.391 e. The van der Waals surface area contributed by atoms with E-state index in [0.29, 0.717) is 11.3 Å². The van der Waals surface area contributed by atoms with Gasteiger partial charge in [0.05, 0.1) is 6.10 Å². The van der Waals surface area contributed by atoms with E-state index in [-0.39, 0.29) is 17.1 Å². The molecule has 0 radical (unpaired) electrons. The van der Waals surface area contributed by atoms with Crippen LogP contribution in [-0.4, -0.2) is 16.7 Å². The zero-order valence-electron chi connectivity index (χ0n) is 24.5. The Bertz CT molecular complexity index is 549. The molecule has 0 amide bonds.